The molecule has 7 rings (SSSR count). The van der Waals surface area contributed by atoms with Gasteiger partial charge in [0.05, 0.1) is 6.10 Å². The Labute approximate surface area is 370 Å². The topological polar surface area (TPSA) is 9.23 Å². The van der Waals surface area contributed by atoms with E-state index in [0.717, 1.165) is 0 Å². The van der Waals surface area contributed by atoms with Gasteiger partial charge in [0.2, 0.25) is 7.49 Å². The molecule has 0 aliphatic carbocycles. The van der Waals surface area contributed by atoms with Crippen LogP contribution in [-0.2, 0) is 4.52 Å². The quantitative estimate of drug-likeness (QED) is 0.0461. The lowest BCUT2D eigenvalue weighted by Crippen LogP contribution is -2.81. The molecule has 0 atom stereocenters. The number of rotatable bonds is 9. The fraction of sp³-hybridized carbons (Fsp3) is 0.0667. The molecule has 0 radical (unpaired) electrons. The first-order valence-electron chi connectivity index (χ1n) is 18.9. The third-order valence-corrected chi connectivity index (χ3v) is 14.2. The van der Waals surface area contributed by atoms with Crippen LogP contribution in [-0.4, -0.2) is 12.2 Å². The largest absolute Gasteiger partial charge is 0.242 e. The van der Waals surface area contributed by atoms with E-state index in [-0.39, 0.29) is 6.10 Å². The fourth-order valence-corrected chi connectivity index (χ4v) is 11.4. The minimum Gasteiger partial charge on any atom is -0.219 e. The summed E-state index contributed by atoms with van der Waals surface area (Å²) in [5.41, 5.74) is -14.3. The molecule has 0 aromatic heterocycles. The lowest BCUT2D eigenvalue weighted by molar-refractivity contribution is 0.272. The fourth-order valence-electron chi connectivity index (χ4n) is 7.73. The van der Waals surface area contributed by atoms with E-state index in [4.69, 9.17) is 4.52 Å². The Bertz CT molecular complexity index is 2590. The molecule has 1 nitrogen and oxygen atoms in total. The van der Waals surface area contributed by atoms with Crippen LogP contribution in [0.4, 0.5) is 87.8 Å². The Morgan fingerprint density at radius 3 is 0.603 bits per heavy atom. The maximum absolute atomic E-state index is 15.4. The highest BCUT2D eigenvalue weighted by Gasteiger charge is 2.53. The van der Waals surface area contributed by atoms with Gasteiger partial charge in [-0.3, -0.25) is 0 Å². The molecule has 0 aliphatic heterocycles. The molecule has 0 saturated heterocycles. The molecule has 7 aromatic carbocycles. The Hall–Kier alpha value is -6.41. The van der Waals surface area contributed by atoms with E-state index in [9.17, 15) is 52.7 Å². The molecular formula is C45H22BF20OP. The van der Waals surface area contributed by atoms with Crippen molar-refractivity contribution in [2.45, 2.75) is 20.0 Å². The minimum atomic E-state index is -7.22. The van der Waals surface area contributed by atoms with Crippen molar-refractivity contribution in [1.29, 1.82) is 0 Å². The van der Waals surface area contributed by atoms with Crippen molar-refractivity contribution < 1.29 is 92.3 Å². The standard InChI is InChI=1S/C24BF20.C21H22OP/c26-5-1(6(27)14(35)21(42)13(5)34)25(2-7(28)15(36)22(43)16(37)8(2)29,3-9(30)17(38)23(44)18(39)10(3)31)4-11(32)19(40)24(45)20(41)12(4)33;1-18(2)22-23(19-12-6-3-7-13-19,20-14-8-4-9-15-20)21-16-10-5-11-17-21/h;3-18H,1-2H3/q-1;+1. The van der Waals surface area contributed by atoms with Gasteiger partial charge in [-0.05, 0) is 50.2 Å². The molecule has 356 valence electrons. The van der Waals surface area contributed by atoms with E-state index in [0.29, 0.717) is 0 Å². The third-order valence-electron chi connectivity index (χ3n) is 10.4. The van der Waals surface area contributed by atoms with E-state index < -0.39 is 152 Å². The first kappa shape index (κ1) is 51.0. The average molecular weight is 1000 g/mol. The minimum absolute atomic E-state index is 0.143. The van der Waals surface area contributed by atoms with Gasteiger partial charge in [-0.2, -0.15) is 0 Å². The summed E-state index contributed by atoms with van der Waals surface area (Å²) in [6, 6.07) is 31.9. The Kier molecular flexibility index (Phi) is 14.5. The van der Waals surface area contributed by atoms with Gasteiger partial charge in [0, 0.05) is 0 Å². The monoisotopic (exact) mass is 1000 g/mol. The zero-order valence-electron chi connectivity index (χ0n) is 33.7. The van der Waals surface area contributed by atoms with Crippen LogP contribution in [0.2, 0.25) is 0 Å². The summed E-state index contributed by atoms with van der Waals surface area (Å²) >= 11 is 0. The molecular weight excluding hydrogens is 978 g/mol. The molecule has 0 amide bonds. The van der Waals surface area contributed by atoms with Gasteiger partial charge in [0.25, 0.3) is 0 Å². The zero-order chi connectivity index (χ0) is 50.5. The predicted molar refractivity (Wildman–Crippen MR) is 211 cm³/mol. The van der Waals surface area contributed by atoms with Gasteiger partial charge >= 0.3 is 0 Å². The summed E-state index contributed by atoms with van der Waals surface area (Å²) in [5.74, 6) is -71.4. The van der Waals surface area contributed by atoms with Crippen LogP contribution in [0.1, 0.15) is 13.8 Å². The zero-order valence-corrected chi connectivity index (χ0v) is 34.6. The number of benzene rings is 7. The highest BCUT2D eigenvalue weighted by atomic mass is 31.2. The van der Waals surface area contributed by atoms with Crippen LogP contribution < -0.4 is 37.8 Å². The van der Waals surface area contributed by atoms with Gasteiger partial charge in [-0.15, -0.1) is 21.9 Å². The molecule has 7 aromatic rings. The van der Waals surface area contributed by atoms with Crippen LogP contribution in [0.25, 0.3) is 0 Å². The van der Waals surface area contributed by atoms with Crippen LogP contribution in [0.5, 0.6) is 0 Å². The van der Waals surface area contributed by atoms with E-state index in [2.05, 4.69) is 105 Å². The molecule has 0 saturated carbocycles. The van der Waals surface area contributed by atoms with E-state index in [1.165, 1.54) is 15.9 Å². The Morgan fingerprint density at radius 1 is 0.279 bits per heavy atom. The lowest BCUT2D eigenvalue weighted by atomic mass is 9.12. The molecule has 0 heterocycles. The molecule has 0 unspecified atom stereocenters. The van der Waals surface area contributed by atoms with E-state index in [1.54, 1.807) is 0 Å². The van der Waals surface area contributed by atoms with Crippen LogP contribution in [0.3, 0.4) is 0 Å². The van der Waals surface area contributed by atoms with Crippen molar-refractivity contribution in [3.05, 3.63) is 207 Å². The van der Waals surface area contributed by atoms with Crippen LogP contribution in [0, 0.1) is 116 Å². The van der Waals surface area contributed by atoms with Crippen LogP contribution >= 0.6 is 7.49 Å². The average Bonchev–Trinajstić information content (AvgIpc) is 3.34. The SMILES string of the molecule is CC(C)O[P+](c1ccccc1)(c1ccccc1)c1ccccc1.Fc1c(F)c(F)c([B-](c2c(F)c(F)c(F)c(F)c2F)(c2c(F)c(F)c(F)c(F)c2F)c2c(F)c(F)c(F)c(F)c2F)c(F)c1F. The predicted octanol–water partition coefficient (Wildman–Crippen LogP) is 10.2. The normalized spacial score (nSPS) is 11.9. The second-order valence-electron chi connectivity index (χ2n) is 14.6. The highest BCUT2D eigenvalue weighted by Crippen LogP contribution is 2.57. The number of halogens is 20. The second-order valence-corrected chi connectivity index (χ2v) is 17.5. The lowest BCUT2D eigenvalue weighted by Gasteiger charge is -2.44. The molecule has 0 spiro atoms. The molecule has 0 fully saturated rings. The van der Waals surface area contributed by atoms with Crippen molar-refractivity contribution >= 4 is 51.4 Å². The molecule has 0 aliphatic rings. The van der Waals surface area contributed by atoms with Gasteiger partial charge in [-0.1, -0.05) is 54.6 Å². The smallest absolute Gasteiger partial charge is 0.219 e. The Morgan fingerprint density at radius 2 is 0.441 bits per heavy atom. The molecule has 68 heavy (non-hydrogen) atoms. The molecule has 0 N–H and O–H groups in total. The molecule has 23 heteroatoms. The van der Waals surface area contributed by atoms with Crippen molar-refractivity contribution in [3.63, 3.8) is 0 Å². The summed E-state index contributed by atoms with van der Waals surface area (Å²) < 4.78 is 301. The maximum Gasteiger partial charge on any atom is 0.242 e. The van der Waals surface area contributed by atoms with Crippen molar-refractivity contribution in [2.75, 3.05) is 0 Å². The second kappa shape index (κ2) is 19.3. The highest BCUT2D eigenvalue weighted by molar-refractivity contribution is 7.91. The summed E-state index contributed by atoms with van der Waals surface area (Å²) in [6.07, 6.45) is -7.07. The Balaban J connectivity index is 0.000000276. The number of hydrogen-bond acceptors (Lipinski definition) is 1. The van der Waals surface area contributed by atoms with Crippen LogP contribution in [0.15, 0.2) is 91.0 Å². The summed E-state index contributed by atoms with van der Waals surface area (Å²) in [6.45, 7) is 4.23. The third kappa shape index (κ3) is 7.93. The van der Waals surface area contributed by atoms with Gasteiger partial charge in [0.15, 0.2) is 69.8 Å². The first-order chi connectivity index (χ1) is 31.9. The van der Waals surface area contributed by atoms with E-state index in [1.807, 2.05) is 0 Å². The van der Waals surface area contributed by atoms with Crippen molar-refractivity contribution in [1.82, 2.24) is 0 Å². The summed E-state index contributed by atoms with van der Waals surface area (Å²) in [5, 5.41) is 3.77. The van der Waals surface area contributed by atoms with E-state index >= 15 is 35.1 Å². The summed E-state index contributed by atoms with van der Waals surface area (Å²) in [4.78, 5) is 0. The van der Waals surface area contributed by atoms with Gasteiger partial charge < -0.3 is 0 Å². The van der Waals surface area contributed by atoms with Crippen molar-refractivity contribution in [3.8, 4) is 0 Å². The van der Waals surface area contributed by atoms with Crippen molar-refractivity contribution in [2.24, 2.45) is 0 Å². The molecule has 0 bridgehead atoms. The van der Waals surface area contributed by atoms with Gasteiger partial charge in [-0.25, -0.2) is 92.3 Å². The maximum atomic E-state index is 15.4. The van der Waals surface area contributed by atoms with Gasteiger partial charge in [0.1, 0.15) is 68.6 Å². The first-order valence-corrected chi connectivity index (χ1v) is 20.6. The summed E-state index contributed by atoms with van der Waals surface area (Å²) in [7, 11) is -2.11. The number of hydrogen-bond donors (Lipinski definition) is 0.